The van der Waals surface area contributed by atoms with Crippen LogP contribution >= 0.6 is 0 Å². The number of para-hydroxylation sites is 1. The summed E-state index contributed by atoms with van der Waals surface area (Å²) in [5.74, 6) is 0.507. The molecule has 0 saturated carbocycles. The maximum atomic E-state index is 11.2. The molecule has 1 saturated heterocycles. The zero-order valence-electron chi connectivity index (χ0n) is 11.9. The van der Waals surface area contributed by atoms with E-state index in [0.29, 0.717) is 6.54 Å². The standard InChI is InChI=1S/C15H22N2O3/c1-19-14-7-3-2-5-12(14)9-17(11-15(16)18)10-13-6-4-8-20-13/h2-3,5,7,13H,4,6,8-11H2,1H3,(H2,16,18)/t13-/m0/s1. The van der Waals surface area contributed by atoms with Crippen LogP contribution in [0.4, 0.5) is 0 Å². The number of methoxy groups -OCH3 is 1. The van der Waals surface area contributed by atoms with Crippen molar-refractivity contribution in [2.24, 2.45) is 5.73 Å². The first-order chi connectivity index (χ1) is 9.69. The Hall–Kier alpha value is -1.59. The number of carbonyl (C=O) groups is 1. The molecule has 1 heterocycles. The lowest BCUT2D eigenvalue weighted by Crippen LogP contribution is -2.38. The Balaban J connectivity index is 2.03. The maximum absolute atomic E-state index is 11.2. The van der Waals surface area contributed by atoms with Gasteiger partial charge >= 0.3 is 0 Å². The summed E-state index contributed by atoms with van der Waals surface area (Å²) in [6, 6.07) is 7.82. The summed E-state index contributed by atoms with van der Waals surface area (Å²) in [4.78, 5) is 13.3. The number of ether oxygens (including phenoxy) is 2. The molecule has 1 aliphatic rings. The van der Waals surface area contributed by atoms with Crippen LogP contribution < -0.4 is 10.5 Å². The van der Waals surface area contributed by atoms with Gasteiger partial charge in [0.2, 0.25) is 5.91 Å². The number of primary amides is 1. The molecular weight excluding hydrogens is 256 g/mol. The highest BCUT2D eigenvalue weighted by atomic mass is 16.5. The second-order valence-electron chi connectivity index (χ2n) is 5.08. The van der Waals surface area contributed by atoms with Crippen molar-refractivity contribution in [2.45, 2.75) is 25.5 Å². The van der Waals surface area contributed by atoms with Gasteiger partial charge in [-0.1, -0.05) is 18.2 Å². The number of benzene rings is 1. The molecule has 1 atom stereocenters. The predicted octanol–water partition coefficient (Wildman–Crippen LogP) is 1.16. The first-order valence-electron chi connectivity index (χ1n) is 6.93. The molecule has 2 N–H and O–H groups in total. The van der Waals surface area contributed by atoms with E-state index >= 15 is 0 Å². The van der Waals surface area contributed by atoms with E-state index < -0.39 is 0 Å². The summed E-state index contributed by atoms with van der Waals surface area (Å²) in [6.07, 6.45) is 2.33. The van der Waals surface area contributed by atoms with E-state index in [4.69, 9.17) is 15.2 Å². The molecule has 1 aromatic carbocycles. The van der Waals surface area contributed by atoms with Crippen LogP contribution in [0.3, 0.4) is 0 Å². The maximum Gasteiger partial charge on any atom is 0.231 e. The zero-order chi connectivity index (χ0) is 14.4. The molecule has 5 heteroatoms. The van der Waals surface area contributed by atoms with Gasteiger partial charge in [0.25, 0.3) is 0 Å². The highest BCUT2D eigenvalue weighted by Gasteiger charge is 2.21. The lowest BCUT2D eigenvalue weighted by Gasteiger charge is -2.24. The second kappa shape index (κ2) is 7.26. The Labute approximate surface area is 119 Å². The third kappa shape index (κ3) is 4.21. The summed E-state index contributed by atoms with van der Waals surface area (Å²) in [6.45, 7) is 2.40. The zero-order valence-corrected chi connectivity index (χ0v) is 11.9. The Morgan fingerprint density at radius 3 is 2.95 bits per heavy atom. The highest BCUT2D eigenvalue weighted by Crippen LogP contribution is 2.20. The Morgan fingerprint density at radius 1 is 1.50 bits per heavy atom. The predicted molar refractivity (Wildman–Crippen MR) is 76.4 cm³/mol. The van der Waals surface area contributed by atoms with E-state index in [2.05, 4.69) is 0 Å². The van der Waals surface area contributed by atoms with Crippen molar-refractivity contribution in [1.29, 1.82) is 0 Å². The first-order valence-corrected chi connectivity index (χ1v) is 6.93. The van der Waals surface area contributed by atoms with Gasteiger partial charge in [0.15, 0.2) is 0 Å². The number of hydrogen-bond donors (Lipinski definition) is 1. The molecule has 0 unspecified atom stereocenters. The minimum atomic E-state index is -0.321. The van der Waals surface area contributed by atoms with Gasteiger partial charge in [-0.05, 0) is 18.9 Å². The van der Waals surface area contributed by atoms with Gasteiger partial charge in [0.1, 0.15) is 5.75 Å². The average molecular weight is 278 g/mol. The second-order valence-corrected chi connectivity index (χ2v) is 5.08. The summed E-state index contributed by atoms with van der Waals surface area (Å²) in [7, 11) is 1.65. The van der Waals surface area contributed by atoms with Crippen molar-refractivity contribution in [3.8, 4) is 5.75 Å². The third-order valence-corrected chi connectivity index (χ3v) is 3.45. The largest absolute Gasteiger partial charge is 0.496 e. The van der Waals surface area contributed by atoms with Crippen molar-refractivity contribution < 1.29 is 14.3 Å². The molecule has 0 spiro atoms. The van der Waals surface area contributed by atoms with Crippen LogP contribution in [0, 0.1) is 0 Å². The number of nitrogens with two attached hydrogens (primary N) is 1. The molecule has 0 aromatic heterocycles. The fourth-order valence-corrected chi connectivity index (χ4v) is 2.56. The van der Waals surface area contributed by atoms with Gasteiger partial charge in [0.05, 0.1) is 19.8 Å². The number of nitrogens with zero attached hydrogens (tertiary/aromatic N) is 1. The molecule has 0 aliphatic carbocycles. The van der Waals surface area contributed by atoms with Crippen LogP contribution in [-0.4, -0.2) is 43.7 Å². The summed E-state index contributed by atoms with van der Waals surface area (Å²) in [5, 5.41) is 0. The molecule has 110 valence electrons. The van der Waals surface area contributed by atoms with Crippen molar-refractivity contribution in [3.05, 3.63) is 29.8 Å². The summed E-state index contributed by atoms with van der Waals surface area (Å²) < 4.78 is 11.0. The van der Waals surface area contributed by atoms with E-state index in [1.165, 1.54) is 0 Å². The lowest BCUT2D eigenvalue weighted by molar-refractivity contribution is -0.119. The molecule has 0 bridgehead atoms. The quantitative estimate of drug-likeness (QED) is 0.813. The van der Waals surface area contributed by atoms with Crippen molar-refractivity contribution in [3.63, 3.8) is 0 Å². The van der Waals surface area contributed by atoms with Gasteiger partial charge < -0.3 is 15.2 Å². The van der Waals surface area contributed by atoms with E-state index in [1.54, 1.807) is 7.11 Å². The normalized spacial score (nSPS) is 18.4. The average Bonchev–Trinajstić information content (AvgIpc) is 2.91. The molecule has 1 aliphatic heterocycles. The fraction of sp³-hybridized carbons (Fsp3) is 0.533. The number of rotatable bonds is 7. The highest BCUT2D eigenvalue weighted by molar-refractivity contribution is 5.75. The van der Waals surface area contributed by atoms with E-state index in [1.807, 2.05) is 29.2 Å². The van der Waals surface area contributed by atoms with Gasteiger partial charge in [0, 0.05) is 25.3 Å². The number of carbonyl (C=O) groups excluding carboxylic acids is 1. The molecule has 1 amide bonds. The van der Waals surface area contributed by atoms with Gasteiger partial charge in [-0.2, -0.15) is 0 Å². The fourth-order valence-electron chi connectivity index (χ4n) is 2.56. The van der Waals surface area contributed by atoms with E-state index in [-0.39, 0.29) is 18.6 Å². The van der Waals surface area contributed by atoms with E-state index in [0.717, 1.165) is 37.3 Å². The topological polar surface area (TPSA) is 64.8 Å². The molecule has 0 radical (unpaired) electrons. The van der Waals surface area contributed by atoms with Gasteiger partial charge in [-0.3, -0.25) is 9.69 Å². The molecule has 1 aromatic rings. The Morgan fingerprint density at radius 2 is 2.30 bits per heavy atom. The van der Waals surface area contributed by atoms with Crippen LogP contribution in [0.25, 0.3) is 0 Å². The number of hydrogen-bond acceptors (Lipinski definition) is 4. The van der Waals surface area contributed by atoms with Gasteiger partial charge in [-0.25, -0.2) is 0 Å². The van der Waals surface area contributed by atoms with Crippen LogP contribution in [0.1, 0.15) is 18.4 Å². The van der Waals surface area contributed by atoms with Crippen molar-refractivity contribution in [1.82, 2.24) is 4.90 Å². The molecular formula is C15H22N2O3. The smallest absolute Gasteiger partial charge is 0.231 e. The van der Waals surface area contributed by atoms with Gasteiger partial charge in [-0.15, -0.1) is 0 Å². The Kier molecular flexibility index (Phi) is 5.38. The van der Waals surface area contributed by atoms with Crippen LogP contribution in [0.5, 0.6) is 5.75 Å². The molecule has 5 nitrogen and oxygen atoms in total. The third-order valence-electron chi connectivity index (χ3n) is 3.45. The summed E-state index contributed by atoms with van der Waals surface area (Å²) in [5.41, 5.74) is 6.39. The molecule has 20 heavy (non-hydrogen) atoms. The van der Waals surface area contributed by atoms with Crippen LogP contribution in [-0.2, 0) is 16.1 Å². The number of amides is 1. The van der Waals surface area contributed by atoms with Crippen LogP contribution in [0.2, 0.25) is 0 Å². The van der Waals surface area contributed by atoms with Crippen molar-refractivity contribution >= 4 is 5.91 Å². The summed E-state index contributed by atoms with van der Waals surface area (Å²) >= 11 is 0. The van der Waals surface area contributed by atoms with Crippen molar-refractivity contribution in [2.75, 3.05) is 26.8 Å². The monoisotopic (exact) mass is 278 g/mol. The minimum Gasteiger partial charge on any atom is -0.496 e. The SMILES string of the molecule is COc1ccccc1CN(CC(N)=O)C[C@@H]1CCCO1. The molecule has 1 fully saturated rings. The lowest BCUT2D eigenvalue weighted by atomic mass is 10.1. The first kappa shape index (κ1) is 14.8. The Bertz CT molecular complexity index is 444. The van der Waals surface area contributed by atoms with Crippen LogP contribution in [0.15, 0.2) is 24.3 Å². The minimum absolute atomic E-state index is 0.198. The molecule has 2 rings (SSSR count). The van der Waals surface area contributed by atoms with E-state index in [9.17, 15) is 4.79 Å².